The highest BCUT2D eigenvalue weighted by atomic mass is 19.1. The highest BCUT2D eigenvalue weighted by Crippen LogP contribution is 2.35. The number of aliphatic hydroxyl groups is 1. The molecule has 5 heteroatoms. The van der Waals surface area contributed by atoms with Crippen molar-refractivity contribution < 1.29 is 19.0 Å². The molecule has 1 aliphatic heterocycles. The van der Waals surface area contributed by atoms with E-state index in [4.69, 9.17) is 9.47 Å². The quantitative estimate of drug-likeness (QED) is 0.780. The van der Waals surface area contributed by atoms with Crippen LogP contribution in [0.5, 0.6) is 11.5 Å². The fourth-order valence-corrected chi connectivity index (χ4v) is 1.49. The lowest BCUT2D eigenvalue weighted by Crippen LogP contribution is -2.17. The molecule has 1 heterocycles. The predicted octanol–water partition coefficient (Wildman–Crippen LogP) is 0.807. The van der Waals surface area contributed by atoms with Gasteiger partial charge in [-0.1, -0.05) is 0 Å². The van der Waals surface area contributed by atoms with Crippen molar-refractivity contribution >= 4 is 0 Å². The summed E-state index contributed by atoms with van der Waals surface area (Å²) in [6.45, 7) is 0.386. The Kier molecular flexibility index (Phi) is 2.75. The van der Waals surface area contributed by atoms with Gasteiger partial charge < -0.3 is 19.9 Å². The van der Waals surface area contributed by atoms with Gasteiger partial charge in [-0.3, -0.25) is 0 Å². The van der Waals surface area contributed by atoms with E-state index in [1.54, 1.807) is 7.05 Å². The number of nitrogens with one attached hydrogen (secondary N) is 1. The van der Waals surface area contributed by atoms with Crippen molar-refractivity contribution in [3.8, 4) is 11.5 Å². The van der Waals surface area contributed by atoms with Gasteiger partial charge >= 0.3 is 0 Å². The second kappa shape index (κ2) is 4.04. The van der Waals surface area contributed by atoms with Gasteiger partial charge in [-0.25, -0.2) is 4.39 Å². The molecule has 0 spiro atoms. The van der Waals surface area contributed by atoms with Crippen LogP contribution in [0.2, 0.25) is 0 Å². The summed E-state index contributed by atoms with van der Waals surface area (Å²) < 4.78 is 23.6. The summed E-state index contributed by atoms with van der Waals surface area (Å²) in [5, 5.41) is 12.4. The predicted molar refractivity (Wildman–Crippen MR) is 51.4 cm³/mol. The Morgan fingerprint density at radius 1 is 1.47 bits per heavy atom. The van der Waals surface area contributed by atoms with Crippen LogP contribution in [0.3, 0.4) is 0 Å². The Hall–Kier alpha value is -1.33. The Morgan fingerprint density at radius 3 is 2.80 bits per heavy atom. The minimum atomic E-state index is -0.885. The van der Waals surface area contributed by atoms with Crippen LogP contribution in [-0.4, -0.2) is 25.5 Å². The number of fused-ring (bicyclic) bond motifs is 1. The zero-order valence-corrected chi connectivity index (χ0v) is 8.29. The number of ether oxygens (including phenoxy) is 2. The monoisotopic (exact) mass is 213 g/mol. The number of halogens is 1. The maximum absolute atomic E-state index is 13.5. The average Bonchev–Trinajstić information content (AvgIpc) is 2.63. The second-order valence-corrected chi connectivity index (χ2v) is 3.30. The van der Waals surface area contributed by atoms with Crippen molar-refractivity contribution in [2.45, 2.75) is 6.10 Å². The maximum atomic E-state index is 13.5. The van der Waals surface area contributed by atoms with Gasteiger partial charge in [-0.2, -0.15) is 0 Å². The lowest BCUT2D eigenvalue weighted by molar-refractivity contribution is 0.170. The Bertz CT molecular complexity index is 370. The summed E-state index contributed by atoms with van der Waals surface area (Å²) in [7, 11) is 1.69. The lowest BCUT2D eigenvalue weighted by Gasteiger charge is -2.11. The molecule has 1 aromatic carbocycles. The van der Waals surface area contributed by atoms with Crippen LogP contribution in [0.15, 0.2) is 12.1 Å². The standard InChI is InChI=1S/C10H12FNO3/c1-12-4-8(13)6-2-9-10(3-7(6)11)15-5-14-9/h2-3,8,12-13H,4-5H2,1H3. The summed E-state index contributed by atoms with van der Waals surface area (Å²) in [5.74, 6) is 0.372. The summed E-state index contributed by atoms with van der Waals surface area (Å²) in [6.07, 6.45) is -0.885. The van der Waals surface area contributed by atoms with Crippen molar-refractivity contribution in [1.29, 1.82) is 0 Å². The van der Waals surface area contributed by atoms with Crippen molar-refractivity contribution in [1.82, 2.24) is 5.32 Å². The zero-order valence-electron chi connectivity index (χ0n) is 8.29. The molecule has 4 nitrogen and oxygen atoms in total. The van der Waals surface area contributed by atoms with Gasteiger partial charge in [0.1, 0.15) is 5.82 Å². The smallest absolute Gasteiger partial charge is 0.231 e. The van der Waals surface area contributed by atoms with E-state index in [9.17, 15) is 9.50 Å². The third-order valence-electron chi connectivity index (χ3n) is 2.25. The van der Waals surface area contributed by atoms with Gasteiger partial charge in [-0.15, -0.1) is 0 Å². The number of likely N-dealkylation sites (N-methyl/N-ethyl adjacent to an activating group) is 1. The summed E-state index contributed by atoms with van der Waals surface area (Å²) in [4.78, 5) is 0. The van der Waals surface area contributed by atoms with Crippen LogP contribution in [-0.2, 0) is 0 Å². The van der Waals surface area contributed by atoms with Gasteiger partial charge in [0.15, 0.2) is 11.5 Å². The van der Waals surface area contributed by atoms with Crippen LogP contribution in [0.1, 0.15) is 11.7 Å². The van der Waals surface area contributed by atoms with E-state index in [1.807, 2.05) is 0 Å². The number of hydrogen-bond acceptors (Lipinski definition) is 4. The molecule has 0 fully saturated rings. The summed E-state index contributed by atoms with van der Waals surface area (Å²) >= 11 is 0. The molecule has 82 valence electrons. The molecule has 1 aromatic rings. The molecule has 0 aliphatic carbocycles. The highest BCUT2D eigenvalue weighted by molar-refractivity contribution is 5.45. The lowest BCUT2D eigenvalue weighted by atomic mass is 10.1. The van der Waals surface area contributed by atoms with Crippen LogP contribution >= 0.6 is 0 Å². The molecular formula is C10H12FNO3. The van der Waals surface area contributed by atoms with Gasteiger partial charge in [0.05, 0.1) is 6.10 Å². The van der Waals surface area contributed by atoms with Crippen molar-refractivity contribution in [2.24, 2.45) is 0 Å². The first kappa shape index (κ1) is 10.2. The first-order chi connectivity index (χ1) is 7.22. The van der Waals surface area contributed by atoms with E-state index in [0.29, 0.717) is 11.5 Å². The average molecular weight is 213 g/mol. The molecule has 0 saturated heterocycles. The van der Waals surface area contributed by atoms with E-state index >= 15 is 0 Å². The molecule has 0 amide bonds. The minimum Gasteiger partial charge on any atom is -0.454 e. The fraction of sp³-hybridized carbons (Fsp3) is 0.400. The van der Waals surface area contributed by atoms with Crippen molar-refractivity contribution in [3.63, 3.8) is 0 Å². The third kappa shape index (κ3) is 1.88. The van der Waals surface area contributed by atoms with Crippen molar-refractivity contribution in [3.05, 3.63) is 23.5 Å². The molecule has 2 N–H and O–H groups in total. The molecule has 15 heavy (non-hydrogen) atoms. The molecular weight excluding hydrogens is 201 g/mol. The Labute approximate surface area is 86.6 Å². The van der Waals surface area contributed by atoms with Crippen LogP contribution in [0.4, 0.5) is 4.39 Å². The Balaban J connectivity index is 2.31. The first-order valence-electron chi connectivity index (χ1n) is 4.64. The van der Waals surface area contributed by atoms with Gasteiger partial charge in [0.2, 0.25) is 6.79 Å². The number of benzene rings is 1. The molecule has 2 rings (SSSR count). The maximum Gasteiger partial charge on any atom is 0.231 e. The topological polar surface area (TPSA) is 50.7 Å². The third-order valence-corrected chi connectivity index (χ3v) is 2.25. The number of hydrogen-bond donors (Lipinski definition) is 2. The molecule has 0 radical (unpaired) electrons. The molecule has 1 unspecified atom stereocenters. The van der Waals surface area contributed by atoms with Gasteiger partial charge in [0.25, 0.3) is 0 Å². The highest BCUT2D eigenvalue weighted by Gasteiger charge is 2.20. The van der Waals surface area contributed by atoms with Crippen LogP contribution in [0, 0.1) is 5.82 Å². The first-order valence-corrected chi connectivity index (χ1v) is 4.64. The SMILES string of the molecule is CNCC(O)c1cc2c(cc1F)OCO2. The molecule has 1 atom stereocenters. The van der Waals surface area contributed by atoms with E-state index in [2.05, 4.69) is 5.32 Å². The van der Waals surface area contributed by atoms with Crippen LogP contribution in [0.25, 0.3) is 0 Å². The molecule has 0 bridgehead atoms. The van der Waals surface area contributed by atoms with Crippen LogP contribution < -0.4 is 14.8 Å². The normalized spacial score (nSPS) is 15.4. The number of rotatable bonds is 3. The number of aliphatic hydroxyl groups excluding tert-OH is 1. The van der Waals surface area contributed by atoms with E-state index in [-0.39, 0.29) is 18.9 Å². The molecule has 0 saturated carbocycles. The zero-order chi connectivity index (χ0) is 10.8. The minimum absolute atomic E-state index is 0.0976. The molecule has 1 aliphatic rings. The Morgan fingerprint density at radius 2 is 2.13 bits per heavy atom. The van der Waals surface area contributed by atoms with Gasteiger partial charge in [0, 0.05) is 18.2 Å². The van der Waals surface area contributed by atoms with Gasteiger partial charge in [-0.05, 0) is 13.1 Å². The van der Waals surface area contributed by atoms with E-state index < -0.39 is 11.9 Å². The van der Waals surface area contributed by atoms with E-state index in [1.165, 1.54) is 12.1 Å². The summed E-state index contributed by atoms with van der Waals surface area (Å²) in [5.41, 5.74) is 0.216. The summed E-state index contributed by atoms with van der Waals surface area (Å²) in [6, 6.07) is 2.70. The fourth-order valence-electron chi connectivity index (χ4n) is 1.49. The van der Waals surface area contributed by atoms with Crippen molar-refractivity contribution in [2.75, 3.05) is 20.4 Å². The largest absolute Gasteiger partial charge is 0.454 e. The molecule has 0 aromatic heterocycles. The second-order valence-electron chi connectivity index (χ2n) is 3.30. The van der Waals surface area contributed by atoms with E-state index in [0.717, 1.165) is 0 Å².